The van der Waals surface area contributed by atoms with Crippen LogP contribution in [-0.4, -0.2) is 36.3 Å². The molecule has 0 bridgehead atoms. The van der Waals surface area contributed by atoms with Crippen LogP contribution in [-0.2, 0) is 9.53 Å². The van der Waals surface area contributed by atoms with Crippen LogP contribution in [0.2, 0.25) is 0 Å². The molecule has 1 unspecified atom stereocenters. The molecule has 0 spiro atoms. The lowest BCUT2D eigenvalue weighted by Crippen LogP contribution is -2.06. The second kappa shape index (κ2) is 6.07. The maximum Gasteiger partial charge on any atom is 0.336 e. The van der Waals surface area contributed by atoms with Gasteiger partial charge in [0, 0.05) is 0 Å². The zero-order chi connectivity index (χ0) is 17.4. The molecule has 126 valence electrons. The molecule has 1 saturated heterocycles. The van der Waals surface area contributed by atoms with Gasteiger partial charge in [0.2, 0.25) is 0 Å². The topological polar surface area (TPSA) is 88.2 Å². The Bertz CT molecular complexity index is 898. The Morgan fingerprint density at radius 3 is 2.84 bits per heavy atom. The molecule has 2 aromatic rings. The highest BCUT2D eigenvalue weighted by atomic mass is 16.6. The van der Waals surface area contributed by atoms with Crippen LogP contribution >= 0.6 is 0 Å². The van der Waals surface area contributed by atoms with E-state index in [2.05, 4.69) is 5.32 Å². The van der Waals surface area contributed by atoms with Crippen LogP contribution in [0.4, 0.5) is 5.69 Å². The second-order valence-electron chi connectivity index (χ2n) is 5.85. The van der Waals surface area contributed by atoms with Gasteiger partial charge in [0.1, 0.15) is 18.5 Å². The largest absolute Gasteiger partial charge is 0.490 e. The summed E-state index contributed by atoms with van der Waals surface area (Å²) < 4.78 is 10.9. The molecule has 0 saturated carbocycles. The van der Waals surface area contributed by atoms with Gasteiger partial charge in [-0.15, -0.1) is 0 Å². The monoisotopic (exact) mass is 337 g/mol. The van der Waals surface area contributed by atoms with Gasteiger partial charge < -0.3 is 19.9 Å². The minimum absolute atomic E-state index is 0.0982. The SMILES string of the molecule is O=C1Nc2cccc(OCC3CO3)c2/C1=C\c1ccccc1C(=O)O. The summed E-state index contributed by atoms with van der Waals surface area (Å²) in [5, 5.41) is 12.1. The number of carbonyl (C=O) groups is 2. The fourth-order valence-corrected chi connectivity index (χ4v) is 2.79. The number of rotatable bonds is 5. The van der Waals surface area contributed by atoms with E-state index in [1.54, 1.807) is 42.5 Å². The number of aromatic carboxylic acids is 1. The van der Waals surface area contributed by atoms with Crippen molar-refractivity contribution in [2.45, 2.75) is 6.10 Å². The number of benzene rings is 2. The summed E-state index contributed by atoms with van der Waals surface area (Å²) in [5.74, 6) is -0.749. The number of epoxide rings is 1. The third kappa shape index (κ3) is 2.99. The van der Waals surface area contributed by atoms with E-state index in [9.17, 15) is 14.7 Å². The predicted octanol–water partition coefficient (Wildman–Crippen LogP) is 2.66. The Balaban J connectivity index is 1.77. The van der Waals surface area contributed by atoms with Crippen LogP contribution in [0.15, 0.2) is 42.5 Å². The van der Waals surface area contributed by atoms with E-state index in [1.165, 1.54) is 6.07 Å². The predicted molar refractivity (Wildman–Crippen MR) is 91.6 cm³/mol. The van der Waals surface area contributed by atoms with Crippen molar-refractivity contribution in [3.63, 3.8) is 0 Å². The number of hydrogen-bond donors (Lipinski definition) is 2. The molecule has 0 aromatic heterocycles. The van der Waals surface area contributed by atoms with Gasteiger partial charge in [0.05, 0.1) is 29.0 Å². The van der Waals surface area contributed by atoms with Gasteiger partial charge in [0.15, 0.2) is 0 Å². The number of nitrogens with one attached hydrogen (secondary N) is 1. The van der Waals surface area contributed by atoms with E-state index in [-0.39, 0.29) is 17.6 Å². The summed E-state index contributed by atoms with van der Waals surface area (Å²) in [6, 6.07) is 11.9. The van der Waals surface area contributed by atoms with E-state index in [4.69, 9.17) is 9.47 Å². The number of carbonyl (C=O) groups excluding carboxylic acids is 1. The van der Waals surface area contributed by atoms with Crippen molar-refractivity contribution in [1.82, 2.24) is 0 Å². The molecule has 2 aromatic carbocycles. The molecule has 6 heteroatoms. The summed E-state index contributed by atoms with van der Waals surface area (Å²) >= 11 is 0. The number of anilines is 1. The van der Waals surface area contributed by atoms with Gasteiger partial charge >= 0.3 is 5.97 Å². The Morgan fingerprint density at radius 1 is 1.28 bits per heavy atom. The van der Waals surface area contributed by atoms with Crippen molar-refractivity contribution in [1.29, 1.82) is 0 Å². The zero-order valence-electron chi connectivity index (χ0n) is 13.2. The van der Waals surface area contributed by atoms with Crippen molar-refractivity contribution >= 4 is 29.2 Å². The maximum absolute atomic E-state index is 12.4. The fraction of sp³-hybridized carbons (Fsp3) is 0.158. The van der Waals surface area contributed by atoms with Crippen molar-refractivity contribution in [2.24, 2.45) is 0 Å². The summed E-state index contributed by atoms with van der Waals surface area (Å²) in [6.07, 6.45) is 1.69. The smallest absolute Gasteiger partial charge is 0.336 e. The van der Waals surface area contributed by atoms with Gasteiger partial charge in [0.25, 0.3) is 5.91 Å². The number of ether oxygens (including phenoxy) is 2. The third-order valence-electron chi connectivity index (χ3n) is 4.11. The molecular weight excluding hydrogens is 322 g/mol. The maximum atomic E-state index is 12.4. The quantitative estimate of drug-likeness (QED) is 0.647. The first-order chi connectivity index (χ1) is 12.1. The molecule has 2 N–H and O–H groups in total. The molecule has 6 nitrogen and oxygen atoms in total. The van der Waals surface area contributed by atoms with E-state index in [1.807, 2.05) is 0 Å². The number of carboxylic acids is 1. The molecule has 25 heavy (non-hydrogen) atoms. The van der Waals surface area contributed by atoms with E-state index in [0.717, 1.165) is 0 Å². The van der Waals surface area contributed by atoms with Gasteiger partial charge in [-0.1, -0.05) is 24.3 Å². The number of carboxylic acid groups (broad SMARTS) is 1. The van der Waals surface area contributed by atoms with Crippen LogP contribution in [0.5, 0.6) is 5.75 Å². The summed E-state index contributed by atoms with van der Waals surface area (Å²) in [4.78, 5) is 23.8. The third-order valence-corrected chi connectivity index (χ3v) is 4.11. The van der Waals surface area contributed by atoms with E-state index >= 15 is 0 Å². The Labute approximate surface area is 143 Å². The van der Waals surface area contributed by atoms with Crippen molar-refractivity contribution in [3.05, 3.63) is 59.2 Å². The minimum atomic E-state index is -1.04. The highest BCUT2D eigenvalue weighted by molar-refractivity contribution is 6.35. The number of amides is 1. The van der Waals surface area contributed by atoms with Gasteiger partial charge in [-0.25, -0.2) is 4.79 Å². The standard InChI is InChI=1S/C19H15NO5/c21-18-14(8-11-4-1-2-5-13(11)19(22)23)17-15(20-18)6-3-7-16(17)25-10-12-9-24-12/h1-8,12H,9-10H2,(H,20,21)(H,22,23)/b14-8+. The van der Waals surface area contributed by atoms with E-state index in [0.29, 0.717) is 41.4 Å². The van der Waals surface area contributed by atoms with Crippen molar-refractivity contribution in [2.75, 3.05) is 18.5 Å². The molecule has 0 aliphatic carbocycles. The average molecular weight is 337 g/mol. The molecule has 1 fully saturated rings. The molecule has 2 aliphatic heterocycles. The molecule has 0 radical (unpaired) electrons. The number of hydrogen-bond acceptors (Lipinski definition) is 4. The fourth-order valence-electron chi connectivity index (χ4n) is 2.79. The first-order valence-corrected chi connectivity index (χ1v) is 7.86. The van der Waals surface area contributed by atoms with Crippen LogP contribution in [0.1, 0.15) is 21.5 Å². The van der Waals surface area contributed by atoms with Crippen molar-refractivity contribution < 1.29 is 24.2 Å². The molecule has 2 heterocycles. The summed E-state index contributed by atoms with van der Waals surface area (Å²) in [7, 11) is 0. The normalized spacial score (nSPS) is 19.4. The average Bonchev–Trinajstić information content (AvgIpc) is 3.37. The molecular formula is C19H15NO5. The van der Waals surface area contributed by atoms with Crippen LogP contribution in [0.3, 0.4) is 0 Å². The first kappa shape index (κ1) is 15.4. The highest BCUT2D eigenvalue weighted by Gasteiger charge is 2.30. The van der Waals surface area contributed by atoms with Gasteiger partial charge in [-0.2, -0.15) is 0 Å². The highest BCUT2D eigenvalue weighted by Crippen LogP contribution is 2.40. The Morgan fingerprint density at radius 2 is 2.08 bits per heavy atom. The van der Waals surface area contributed by atoms with Crippen LogP contribution in [0, 0.1) is 0 Å². The number of fused-ring (bicyclic) bond motifs is 1. The van der Waals surface area contributed by atoms with Crippen molar-refractivity contribution in [3.8, 4) is 5.75 Å². The first-order valence-electron chi connectivity index (χ1n) is 7.86. The lowest BCUT2D eigenvalue weighted by Gasteiger charge is -2.10. The second-order valence-corrected chi connectivity index (χ2v) is 5.85. The Kier molecular flexibility index (Phi) is 3.74. The minimum Gasteiger partial charge on any atom is -0.490 e. The summed E-state index contributed by atoms with van der Waals surface area (Å²) in [5.41, 5.74) is 2.29. The zero-order valence-corrected chi connectivity index (χ0v) is 13.2. The van der Waals surface area contributed by atoms with Crippen LogP contribution in [0.25, 0.3) is 11.6 Å². The van der Waals surface area contributed by atoms with E-state index < -0.39 is 5.97 Å². The molecule has 2 aliphatic rings. The van der Waals surface area contributed by atoms with Gasteiger partial charge in [-0.05, 0) is 29.8 Å². The van der Waals surface area contributed by atoms with Gasteiger partial charge in [-0.3, -0.25) is 4.79 Å². The lowest BCUT2D eigenvalue weighted by atomic mass is 10.00. The molecule has 4 rings (SSSR count). The molecule has 1 amide bonds. The Hall–Kier alpha value is -3.12. The summed E-state index contributed by atoms with van der Waals surface area (Å²) in [6.45, 7) is 1.10. The van der Waals surface area contributed by atoms with Crippen LogP contribution < -0.4 is 10.1 Å². The lowest BCUT2D eigenvalue weighted by molar-refractivity contribution is -0.110. The molecule has 1 atom stereocenters.